The van der Waals surface area contributed by atoms with Crippen LogP contribution in [0.25, 0.3) is 0 Å². The Morgan fingerprint density at radius 2 is 1.97 bits per heavy atom. The second-order valence-corrected chi connectivity index (χ2v) is 9.45. The molecule has 0 spiro atoms. The summed E-state index contributed by atoms with van der Waals surface area (Å²) < 4.78 is 6.17. The lowest BCUT2D eigenvalue weighted by Crippen LogP contribution is -2.58. The van der Waals surface area contributed by atoms with Crippen LogP contribution in [-0.2, 0) is 9.59 Å². The highest BCUT2D eigenvalue weighted by atomic mass is 16.5. The molecule has 3 N–H and O–H groups in total. The van der Waals surface area contributed by atoms with Crippen LogP contribution < -0.4 is 10.1 Å². The summed E-state index contributed by atoms with van der Waals surface area (Å²) in [7, 11) is 0. The second kappa shape index (κ2) is 11.2. The molecule has 1 aliphatic heterocycles. The molecule has 0 radical (unpaired) electrons. The first-order valence-electron chi connectivity index (χ1n) is 12.5. The molecule has 0 bridgehead atoms. The van der Waals surface area contributed by atoms with Crippen LogP contribution in [0.3, 0.4) is 0 Å². The number of fused-ring (bicyclic) bond motifs is 3. The lowest BCUT2D eigenvalue weighted by molar-refractivity contribution is -0.140. The van der Waals surface area contributed by atoms with Crippen molar-refractivity contribution in [2.45, 2.75) is 81.6 Å². The number of benzene rings is 1. The molecule has 7 heteroatoms. The van der Waals surface area contributed by atoms with E-state index in [1.54, 1.807) is 6.08 Å². The van der Waals surface area contributed by atoms with Gasteiger partial charge in [0.1, 0.15) is 18.0 Å². The van der Waals surface area contributed by atoms with Gasteiger partial charge in [-0.15, -0.1) is 6.58 Å². The molecule has 2 amide bonds. The van der Waals surface area contributed by atoms with Gasteiger partial charge in [0, 0.05) is 30.1 Å². The fourth-order valence-electron chi connectivity index (χ4n) is 5.65. The smallest absolute Gasteiger partial charge is 0.247 e. The van der Waals surface area contributed by atoms with Crippen LogP contribution in [0.5, 0.6) is 5.75 Å². The Balaban J connectivity index is 1.68. The highest BCUT2D eigenvalue weighted by molar-refractivity contribution is 5.96. The Bertz CT molecular complexity index is 923. The van der Waals surface area contributed by atoms with Gasteiger partial charge in [-0.05, 0) is 44.2 Å². The van der Waals surface area contributed by atoms with Crippen LogP contribution in [0.1, 0.15) is 62.8 Å². The van der Waals surface area contributed by atoms with Gasteiger partial charge in [-0.2, -0.15) is 0 Å². The number of para-hydroxylation sites is 1. The van der Waals surface area contributed by atoms with Crippen molar-refractivity contribution in [2.24, 2.45) is 0 Å². The number of nitrogens with zero attached hydrogens (tertiary/aromatic N) is 1. The summed E-state index contributed by atoms with van der Waals surface area (Å²) in [6, 6.07) is 6.93. The summed E-state index contributed by atoms with van der Waals surface area (Å²) in [5.41, 5.74) is 1.35. The van der Waals surface area contributed by atoms with E-state index in [9.17, 15) is 19.8 Å². The minimum Gasteiger partial charge on any atom is -0.486 e. The summed E-state index contributed by atoms with van der Waals surface area (Å²) in [6.45, 7) is 3.72. The van der Waals surface area contributed by atoms with E-state index in [0.717, 1.165) is 50.5 Å². The molecule has 0 aromatic heterocycles. The predicted molar refractivity (Wildman–Crippen MR) is 129 cm³/mol. The van der Waals surface area contributed by atoms with Gasteiger partial charge in [-0.3, -0.25) is 9.59 Å². The largest absolute Gasteiger partial charge is 0.486 e. The number of carbonyl (C=O) groups is 2. The molecule has 184 valence electrons. The molecule has 3 aliphatic rings. The predicted octanol–water partition coefficient (Wildman–Crippen LogP) is 2.83. The van der Waals surface area contributed by atoms with E-state index in [0.29, 0.717) is 17.7 Å². The molecule has 0 unspecified atom stereocenters. The van der Waals surface area contributed by atoms with Crippen LogP contribution in [-0.4, -0.2) is 64.4 Å². The third-order valence-corrected chi connectivity index (χ3v) is 7.25. The van der Waals surface area contributed by atoms with Crippen LogP contribution in [0, 0.1) is 0 Å². The number of hydrogen-bond donors (Lipinski definition) is 3. The van der Waals surface area contributed by atoms with Gasteiger partial charge in [0.15, 0.2) is 0 Å². The number of rotatable bonds is 10. The Morgan fingerprint density at radius 3 is 2.71 bits per heavy atom. The molecular formula is C27H36N2O5. The fourth-order valence-corrected chi connectivity index (χ4v) is 5.65. The highest BCUT2D eigenvalue weighted by Crippen LogP contribution is 2.47. The highest BCUT2D eigenvalue weighted by Gasteiger charge is 2.51. The Labute approximate surface area is 201 Å². The lowest BCUT2D eigenvalue weighted by atomic mass is 9.77. The van der Waals surface area contributed by atoms with E-state index in [2.05, 4.69) is 11.9 Å². The van der Waals surface area contributed by atoms with E-state index < -0.39 is 24.2 Å². The number of hydrogen-bond acceptors (Lipinski definition) is 5. The minimum atomic E-state index is -0.954. The van der Waals surface area contributed by atoms with Gasteiger partial charge >= 0.3 is 0 Å². The Kier molecular flexibility index (Phi) is 8.06. The zero-order valence-electron chi connectivity index (χ0n) is 19.7. The van der Waals surface area contributed by atoms with Crippen LogP contribution in [0.15, 0.2) is 48.6 Å². The molecule has 1 saturated carbocycles. The first-order chi connectivity index (χ1) is 16.6. The fraction of sp³-hybridized carbons (Fsp3) is 0.556. The van der Waals surface area contributed by atoms with E-state index in [1.807, 2.05) is 35.2 Å². The molecule has 1 heterocycles. The number of carbonyl (C=O) groups excluding carboxylic acids is 2. The monoisotopic (exact) mass is 468 g/mol. The molecule has 34 heavy (non-hydrogen) atoms. The maximum absolute atomic E-state index is 13.5. The standard InChI is InChI=1S/C27H36N2O5/c1-2-3-4-5-14-23(31)29(18-10-6-7-11-18)21-17-20(27(33)28-15-16-30)24-19-12-8-9-13-22(19)34-26(24)25(21)32/h2,8-9,12-13,17-18,21,24-26,30,32H,1,3-7,10-11,14-16H2,(H,28,33)/t21-,24+,25+,26+/m1/s1. The van der Waals surface area contributed by atoms with Gasteiger partial charge in [0.05, 0.1) is 18.6 Å². The summed E-state index contributed by atoms with van der Waals surface area (Å²) in [5.74, 6) is -0.0538. The molecule has 1 aromatic rings. The molecule has 0 saturated heterocycles. The van der Waals surface area contributed by atoms with Crippen molar-refractivity contribution in [1.29, 1.82) is 0 Å². The minimum absolute atomic E-state index is 0.0142. The van der Waals surface area contributed by atoms with Gasteiger partial charge in [-0.1, -0.05) is 37.1 Å². The van der Waals surface area contributed by atoms with Gasteiger partial charge in [0.2, 0.25) is 11.8 Å². The quantitative estimate of drug-likeness (QED) is 0.362. The molecule has 4 rings (SSSR count). The molecular weight excluding hydrogens is 432 g/mol. The Hall–Kier alpha value is -2.64. The number of ether oxygens (including phenoxy) is 1. The van der Waals surface area contributed by atoms with Gasteiger partial charge in [-0.25, -0.2) is 0 Å². The Morgan fingerprint density at radius 1 is 1.21 bits per heavy atom. The average Bonchev–Trinajstić information content (AvgIpc) is 3.50. The summed E-state index contributed by atoms with van der Waals surface area (Å²) in [4.78, 5) is 28.5. The normalized spacial score (nSPS) is 25.6. The van der Waals surface area contributed by atoms with Crippen molar-refractivity contribution in [2.75, 3.05) is 13.2 Å². The van der Waals surface area contributed by atoms with Crippen LogP contribution in [0.2, 0.25) is 0 Å². The first kappa shape index (κ1) is 24.5. The van der Waals surface area contributed by atoms with E-state index in [-0.39, 0.29) is 31.0 Å². The van der Waals surface area contributed by atoms with E-state index >= 15 is 0 Å². The topological polar surface area (TPSA) is 99.1 Å². The third kappa shape index (κ3) is 4.91. The third-order valence-electron chi connectivity index (χ3n) is 7.25. The summed E-state index contributed by atoms with van der Waals surface area (Å²) in [5, 5.41) is 23.5. The van der Waals surface area contributed by atoms with Crippen molar-refractivity contribution in [3.8, 4) is 5.75 Å². The SMILES string of the molecule is C=CCCCCC(=O)N(C1CCCC1)[C@@H]1C=C(C(=O)NCCO)[C@@H]2c3ccccc3O[C@@H]2[C@H]1O. The van der Waals surface area contributed by atoms with Gasteiger partial charge < -0.3 is 25.2 Å². The number of allylic oxidation sites excluding steroid dienone is 1. The summed E-state index contributed by atoms with van der Waals surface area (Å²) in [6.07, 6.45) is 8.87. The van der Waals surface area contributed by atoms with Crippen molar-refractivity contribution in [1.82, 2.24) is 10.2 Å². The molecule has 2 aliphatic carbocycles. The molecule has 4 atom stereocenters. The van der Waals surface area contributed by atoms with E-state index in [1.165, 1.54) is 0 Å². The molecule has 7 nitrogen and oxygen atoms in total. The van der Waals surface area contributed by atoms with E-state index in [4.69, 9.17) is 4.74 Å². The van der Waals surface area contributed by atoms with Crippen molar-refractivity contribution < 1.29 is 24.5 Å². The number of nitrogens with one attached hydrogen (secondary N) is 1. The van der Waals surface area contributed by atoms with Crippen molar-refractivity contribution >= 4 is 11.8 Å². The number of aliphatic hydroxyl groups is 2. The van der Waals surface area contributed by atoms with Crippen LogP contribution in [0.4, 0.5) is 0 Å². The molecule has 1 fully saturated rings. The van der Waals surface area contributed by atoms with Gasteiger partial charge in [0.25, 0.3) is 0 Å². The maximum Gasteiger partial charge on any atom is 0.247 e. The lowest BCUT2D eigenvalue weighted by Gasteiger charge is -2.43. The number of aliphatic hydroxyl groups excluding tert-OH is 2. The zero-order valence-corrected chi connectivity index (χ0v) is 19.7. The second-order valence-electron chi connectivity index (χ2n) is 9.45. The van der Waals surface area contributed by atoms with Crippen molar-refractivity contribution in [3.63, 3.8) is 0 Å². The number of unbranched alkanes of at least 4 members (excludes halogenated alkanes) is 2. The zero-order chi connectivity index (χ0) is 24.1. The summed E-state index contributed by atoms with van der Waals surface area (Å²) >= 11 is 0. The number of amides is 2. The average molecular weight is 469 g/mol. The molecule has 1 aromatic carbocycles. The maximum atomic E-state index is 13.5. The first-order valence-corrected chi connectivity index (χ1v) is 12.5. The van der Waals surface area contributed by atoms with Crippen LogP contribution >= 0.6 is 0 Å². The van der Waals surface area contributed by atoms with Crippen molar-refractivity contribution in [3.05, 3.63) is 54.1 Å².